The van der Waals surface area contributed by atoms with Gasteiger partial charge in [-0.2, -0.15) is 0 Å². The Morgan fingerprint density at radius 3 is 1.44 bits per heavy atom. The molecule has 96 valence electrons. The standard InChI is InChI=1S/C14H17O3P/c15-18(16,17)11-14(12-7-3-1-4-8-12)13-9-5-2-6-10-13/h1-10,14-18H,11H2. The van der Waals surface area contributed by atoms with Gasteiger partial charge in [-0.25, -0.2) is 0 Å². The Kier molecular flexibility index (Phi) is 4.10. The van der Waals surface area contributed by atoms with E-state index in [1.165, 1.54) is 0 Å². The summed E-state index contributed by atoms with van der Waals surface area (Å²) < 4.78 is 0. The van der Waals surface area contributed by atoms with Gasteiger partial charge in [0.15, 0.2) is 0 Å². The molecule has 3 N–H and O–H groups in total. The molecule has 0 aliphatic rings. The number of benzene rings is 2. The summed E-state index contributed by atoms with van der Waals surface area (Å²) in [5.74, 6) is -0.195. The molecule has 2 aromatic rings. The van der Waals surface area contributed by atoms with Crippen molar-refractivity contribution in [3.63, 3.8) is 0 Å². The van der Waals surface area contributed by atoms with Crippen LogP contribution in [0.3, 0.4) is 0 Å². The molecule has 0 aliphatic carbocycles. The monoisotopic (exact) mass is 264 g/mol. The minimum atomic E-state index is -4.09. The second-order valence-electron chi connectivity index (χ2n) is 4.35. The molecule has 0 fully saturated rings. The molecule has 18 heavy (non-hydrogen) atoms. The van der Waals surface area contributed by atoms with Gasteiger partial charge >= 0.3 is 106 Å². The first-order valence-electron chi connectivity index (χ1n) is 5.83. The van der Waals surface area contributed by atoms with Crippen LogP contribution in [0.1, 0.15) is 17.0 Å². The molecule has 2 rings (SSSR count). The molecule has 4 heteroatoms. The average molecular weight is 264 g/mol. The van der Waals surface area contributed by atoms with E-state index in [2.05, 4.69) is 0 Å². The van der Waals surface area contributed by atoms with Crippen LogP contribution in [0.4, 0.5) is 0 Å². The molecular formula is C14H17O3P. The minimum absolute atomic E-state index is 0.0268. The van der Waals surface area contributed by atoms with Gasteiger partial charge in [0.1, 0.15) is 0 Å². The molecular weight excluding hydrogens is 247 g/mol. The second kappa shape index (κ2) is 5.59. The van der Waals surface area contributed by atoms with Crippen LogP contribution in [0, 0.1) is 0 Å². The van der Waals surface area contributed by atoms with Crippen molar-refractivity contribution in [2.24, 2.45) is 0 Å². The van der Waals surface area contributed by atoms with Crippen LogP contribution < -0.4 is 0 Å². The van der Waals surface area contributed by atoms with Gasteiger partial charge in [-0.1, -0.05) is 0 Å². The van der Waals surface area contributed by atoms with Gasteiger partial charge in [-0.15, -0.1) is 0 Å². The van der Waals surface area contributed by atoms with Crippen LogP contribution >= 0.6 is 7.94 Å². The summed E-state index contributed by atoms with van der Waals surface area (Å²) >= 11 is 0. The predicted molar refractivity (Wildman–Crippen MR) is 74.6 cm³/mol. The summed E-state index contributed by atoms with van der Waals surface area (Å²) in [5, 5.41) is 0. The third kappa shape index (κ3) is 3.62. The zero-order chi connectivity index (χ0) is 13.0. The summed E-state index contributed by atoms with van der Waals surface area (Å²) in [7, 11) is -4.09. The first-order chi connectivity index (χ1) is 8.56. The first kappa shape index (κ1) is 13.2. The van der Waals surface area contributed by atoms with E-state index in [1.54, 1.807) is 0 Å². The van der Waals surface area contributed by atoms with Gasteiger partial charge < -0.3 is 0 Å². The molecule has 2 aromatic carbocycles. The quantitative estimate of drug-likeness (QED) is 0.742. The molecule has 3 nitrogen and oxygen atoms in total. The van der Waals surface area contributed by atoms with Crippen LogP contribution in [-0.4, -0.2) is 20.8 Å². The van der Waals surface area contributed by atoms with Gasteiger partial charge in [0, 0.05) is 0 Å². The Hall–Kier alpha value is -1.25. The predicted octanol–water partition coefficient (Wildman–Crippen LogP) is 2.29. The van der Waals surface area contributed by atoms with Crippen molar-refractivity contribution in [1.82, 2.24) is 0 Å². The van der Waals surface area contributed by atoms with Gasteiger partial charge in [0.2, 0.25) is 0 Å². The van der Waals surface area contributed by atoms with E-state index >= 15 is 0 Å². The Balaban J connectivity index is 2.36. The van der Waals surface area contributed by atoms with E-state index in [0.29, 0.717) is 0 Å². The van der Waals surface area contributed by atoms with Gasteiger partial charge in [-0.05, 0) is 0 Å². The maximum absolute atomic E-state index is 9.36. The van der Waals surface area contributed by atoms with Gasteiger partial charge in [0.05, 0.1) is 0 Å². The molecule has 0 saturated carbocycles. The van der Waals surface area contributed by atoms with Crippen LogP contribution in [0.2, 0.25) is 0 Å². The summed E-state index contributed by atoms with van der Waals surface area (Å²) in [4.78, 5) is 28.1. The van der Waals surface area contributed by atoms with E-state index in [1.807, 2.05) is 60.7 Å². The van der Waals surface area contributed by atoms with E-state index < -0.39 is 7.94 Å². The molecule has 0 spiro atoms. The Morgan fingerprint density at radius 2 is 1.11 bits per heavy atom. The van der Waals surface area contributed by atoms with E-state index in [9.17, 15) is 14.7 Å². The summed E-state index contributed by atoms with van der Waals surface area (Å²) in [6.45, 7) is 0. The number of hydrogen-bond donors (Lipinski definition) is 3. The average Bonchev–Trinajstić information content (AvgIpc) is 2.37. The third-order valence-electron chi connectivity index (χ3n) is 2.88. The molecule has 0 atom stereocenters. The molecule has 0 radical (unpaired) electrons. The van der Waals surface area contributed by atoms with Crippen molar-refractivity contribution in [2.45, 2.75) is 5.92 Å². The van der Waals surface area contributed by atoms with E-state index in [0.717, 1.165) is 11.1 Å². The van der Waals surface area contributed by atoms with Crippen molar-refractivity contribution in [3.8, 4) is 0 Å². The fourth-order valence-corrected chi connectivity index (χ4v) is 3.09. The summed E-state index contributed by atoms with van der Waals surface area (Å²) in [6, 6.07) is 19.1. The van der Waals surface area contributed by atoms with Crippen molar-refractivity contribution < 1.29 is 14.7 Å². The van der Waals surface area contributed by atoms with Crippen molar-refractivity contribution in [2.75, 3.05) is 6.16 Å². The molecule has 0 heterocycles. The van der Waals surface area contributed by atoms with Crippen LogP contribution in [-0.2, 0) is 0 Å². The van der Waals surface area contributed by atoms with E-state index in [4.69, 9.17) is 0 Å². The SMILES string of the molecule is O[PH](O)(O)CC(c1ccccc1)c1ccccc1. The third-order valence-corrected chi connectivity index (χ3v) is 3.84. The molecule has 0 saturated heterocycles. The molecule has 0 bridgehead atoms. The molecule has 0 amide bonds. The van der Waals surface area contributed by atoms with Crippen LogP contribution in [0.15, 0.2) is 60.7 Å². The fraction of sp³-hybridized carbons (Fsp3) is 0.143. The Morgan fingerprint density at radius 1 is 0.722 bits per heavy atom. The number of hydrogen-bond acceptors (Lipinski definition) is 3. The second-order valence-corrected chi connectivity index (χ2v) is 6.31. The normalized spacial score (nSPS) is 12.7. The maximum atomic E-state index is 9.36. The van der Waals surface area contributed by atoms with Crippen LogP contribution in [0.25, 0.3) is 0 Å². The Labute approximate surface area is 107 Å². The zero-order valence-corrected chi connectivity index (χ0v) is 10.9. The van der Waals surface area contributed by atoms with Gasteiger partial charge in [0.25, 0.3) is 0 Å². The van der Waals surface area contributed by atoms with Crippen LogP contribution in [0.5, 0.6) is 0 Å². The summed E-state index contributed by atoms with van der Waals surface area (Å²) in [5.41, 5.74) is 1.94. The van der Waals surface area contributed by atoms with Crippen molar-refractivity contribution in [3.05, 3.63) is 71.8 Å². The van der Waals surface area contributed by atoms with Crippen molar-refractivity contribution in [1.29, 1.82) is 0 Å². The van der Waals surface area contributed by atoms with E-state index in [-0.39, 0.29) is 12.1 Å². The first-order valence-corrected chi connectivity index (χ1v) is 7.88. The zero-order valence-electron chi connectivity index (χ0n) is 9.90. The summed E-state index contributed by atoms with van der Waals surface area (Å²) in [6.07, 6.45) is -0.0268. The van der Waals surface area contributed by atoms with Gasteiger partial charge in [-0.3, -0.25) is 0 Å². The molecule has 0 aromatic heterocycles. The molecule has 0 unspecified atom stereocenters. The fourth-order valence-electron chi connectivity index (χ4n) is 2.07. The van der Waals surface area contributed by atoms with Crippen molar-refractivity contribution >= 4 is 7.94 Å². The molecule has 0 aliphatic heterocycles. The Bertz CT molecular complexity index is 440. The number of rotatable bonds is 4. The topological polar surface area (TPSA) is 60.7 Å².